The number of carbonyl (C=O) groups excluding carboxylic acids is 1. The minimum atomic E-state index is -0.837. The molecule has 2 aromatic carbocycles. The van der Waals surface area contributed by atoms with Gasteiger partial charge in [-0.1, -0.05) is 27.3 Å². The molecule has 1 aromatic heterocycles. The Labute approximate surface area is 258 Å². The minimum Gasteiger partial charge on any atom is -0.506 e. The summed E-state index contributed by atoms with van der Waals surface area (Å²) in [5.74, 6) is 0.525. The summed E-state index contributed by atoms with van der Waals surface area (Å²) in [5, 5.41) is 10.6. The molecular formula is C26H23BrI2N2O6S. The highest BCUT2D eigenvalue weighted by atomic mass is 127. The lowest BCUT2D eigenvalue weighted by Crippen LogP contribution is -2.40. The van der Waals surface area contributed by atoms with Crippen LogP contribution < -0.4 is 24.4 Å². The zero-order valence-electron chi connectivity index (χ0n) is 20.8. The van der Waals surface area contributed by atoms with Crippen LogP contribution in [0.1, 0.15) is 37.9 Å². The van der Waals surface area contributed by atoms with Crippen molar-refractivity contribution in [3.8, 4) is 17.2 Å². The standard InChI is InChI=1S/C26H23BrI2N2O6S/c1-5-36-19-11-16(27)15(10-18(19)35-4)22-21(25(34)37-6-2)12(3)30-26-31(22)24(33)20(38-26)8-13-7-14(28)9-17(29)23(13)32/h7-11,22,32H,5-6H2,1-4H3/b20-8+/t22-/m0/s1. The molecule has 0 unspecified atom stereocenters. The van der Waals surface area contributed by atoms with Gasteiger partial charge in [0.1, 0.15) is 5.75 Å². The molecule has 0 saturated carbocycles. The Hall–Kier alpha value is -1.91. The molecule has 8 nitrogen and oxygen atoms in total. The van der Waals surface area contributed by atoms with E-state index in [4.69, 9.17) is 14.2 Å². The highest BCUT2D eigenvalue weighted by Gasteiger charge is 2.35. The van der Waals surface area contributed by atoms with Gasteiger partial charge in [0.15, 0.2) is 16.3 Å². The summed E-state index contributed by atoms with van der Waals surface area (Å²) in [6.45, 7) is 5.93. The van der Waals surface area contributed by atoms with Crippen LogP contribution >= 0.6 is 72.4 Å². The Bertz CT molecular complexity index is 1650. The Balaban J connectivity index is 2.02. The van der Waals surface area contributed by atoms with Gasteiger partial charge >= 0.3 is 5.97 Å². The number of hydrogen-bond acceptors (Lipinski definition) is 8. The van der Waals surface area contributed by atoms with E-state index >= 15 is 0 Å². The molecule has 1 N–H and O–H groups in total. The number of esters is 1. The molecule has 0 bridgehead atoms. The van der Waals surface area contributed by atoms with Crippen molar-refractivity contribution < 1.29 is 24.1 Å². The fourth-order valence-electron chi connectivity index (χ4n) is 4.11. The number of thiazole rings is 1. The van der Waals surface area contributed by atoms with E-state index in [1.807, 2.05) is 13.0 Å². The van der Waals surface area contributed by atoms with Gasteiger partial charge in [-0.3, -0.25) is 9.36 Å². The van der Waals surface area contributed by atoms with Gasteiger partial charge in [-0.2, -0.15) is 0 Å². The van der Waals surface area contributed by atoms with Crippen LogP contribution in [-0.4, -0.2) is 36.0 Å². The van der Waals surface area contributed by atoms with Crippen LogP contribution in [-0.2, 0) is 9.53 Å². The van der Waals surface area contributed by atoms with Crippen LogP contribution in [0.15, 0.2) is 49.8 Å². The topological polar surface area (TPSA) is 99.4 Å². The Kier molecular flexibility index (Phi) is 9.25. The molecular weight excluding hydrogens is 802 g/mol. The van der Waals surface area contributed by atoms with Gasteiger partial charge in [-0.25, -0.2) is 9.79 Å². The van der Waals surface area contributed by atoms with Crippen molar-refractivity contribution in [3.05, 3.63) is 78.0 Å². The summed E-state index contributed by atoms with van der Waals surface area (Å²) in [4.78, 5) is 32.1. The van der Waals surface area contributed by atoms with Gasteiger partial charge in [0.2, 0.25) is 0 Å². The largest absolute Gasteiger partial charge is 0.506 e. The van der Waals surface area contributed by atoms with E-state index in [-0.39, 0.29) is 23.5 Å². The van der Waals surface area contributed by atoms with Crippen molar-refractivity contribution in [3.63, 3.8) is 0 Å². The highest BCUT2D eigenvalue weighted by Crippen LogP contribution is 2.41. The first-order valence-corrected chi connectivity index (χ1v) is 15.3. The second kappa shape index (κ2) is 12.1. The van der Waals surface area contributed by atoms with Crippen molar-refractivity contribution in [2.45, 2.75) is 26.8 Å². The van der Waals surface area contributed by atoms with Crippen molar-refractivity contribution in [1.82, 2.24) is 4.57 Å². The first kappa shape index (κ1) is 29.1. The monoisotopic (exact) mass is 824 g/mol. The quantitative estimate of drug-likeness (QED) is 0.270. The third-order valence-corrected chi connectivity index (χ3v) is 8.85. The summed E-state index contributed by atoms with van der Waals surface area (Å²) < 4.78 is 20.7. The molecule has 0 amide bonds. The summed E-state index contributed by atoms with van der Waals surface area (Å²) in [5.41, 5.74) is 1.49. The van der Waals surface area contributed by atoms with Gasteiger partial charge in [-0.15, -0.1) is 0 Å². The normalized spacial score (nSPS) is 15.2. The number of phenolic OH excluding ortho intramolecular Hbond substituents is 1. The third-order valence-electron chi connectivity index (χ3n) is 5.74. The lowest BCUT2D eigenvalue weighted by Gasteiger charge is -2.26. The van der Waals surface area contributed by atoms with Gasteiger partial charge < -0.3 is 19.3 Å². The maximum absolute atomic E-state index is 13.9. The average Bonchev–Trinajstić information content (AvgIpc) is 3.16. The third kappa shape index (κ3) is 5.54. The molecule has 4 rings (SSSR count). The van der Waals surface area contributed by atoms with E-state index in [2.05, 4.69) is 66.1 Å². The van der Waals surface area contributed by atoms with Crippen LogP contribution in [0.25, 0.3) is 6.08 Å². The Morgan fingerprint density at radius 2 is 1.95 bits per heavy atom. The molecule has 0 aliphatic carbocycles. The molecule has 0 fully saturated rings. The summed E-state index contributed by atoms with van der Waals surface area (Å²) in [7, 11) is 1.53. The summed E-state index contributed by atoms with van der Waals surface area (Å²) >= 11 is 9.03. The predicted octanol–water partition coefficient (Wildman–Crippen LogP) is 4.88. The number of nitrogens with zero attached hydrogens (tertiary/aromatic N) is 2. The van der Waals surface area contributed by atoms with Gasteiger partial charge in [0, 0.05) is 13.6 Å². The molecule has 0 radical (unpaired) electrons. The number of aromatic nitrogens is 1. The van der Waals surface area contributed by atoms with Crippen molar-refractivity contribution >= 4 is 84.5 Å². The fraction of sp³-hybridized carbons (Fsp3) is 0.269. The minimum absolute atomic E-state index is 0.0933. The molecule has 2 heterocycles. The molecule has 1 atom stereocenters. The molecule has 200 valence electrons. The molecule has 38 heavy (non-hydrogen) atoms. The first-order valence-electron chi connectivity index (χ1n) is 11.5. The van der Waals surface area contributed by atoms with Crippen LogP contribution in [0, 0.1) is 7.14 Å². The van der Waals surface area contributed by atoms with Crippen molar-refractivity contribution in [1.29, 1.82) is 0 Å². The number of methoxy groups -OCH3 is 1. The van der Waals surface area contributed by atoms with Crippen LogP contribution in [0.5, 0.6) is 17.2 Å². The Morgan fingerprint density at radius 3 is 2.61 bits per heavy atom. The predicted molar refractivity (Wildman–Crippen MR) is 166 cm³/mol. The van der Waals surface area contributed by atoms with Gasteiger partial charge in [-0.05, 0) is 102 Å². The maximum atomic E-state index is 13.9. The number of carbonyl (C=O) groups is 1. The summed E-state index contributed by atoms with van der Waals surface area (Å²) in [6.07, 6.45) is 1.65. The molecule has 1 aliphatic rings. The van der Waals surface area contributed by atoms with Gasteiger partial charge in [0.25, 0.3) is 5.56 Å². The lowest BCUT2D eigenvalue weighted by molar-refractivity contribution is -0.139. The second-order valence-corrected chi connectivity index (χ2v) is 12.4. The number of allylic oxidation sites excluding steroid dienone is 1. The Morgan fingerprint density at radius 1 is 1.21 bits per heavy atom. The molecule has 3 aromatic rings. The van der Waals surface area contributed by atoms with E-state index in [0.717, 1.165) is 3.57 Å². The van der Waals surface area contributed by atoms with E-state index in [1.165, 1.54) is 23.0 Å². The zero-order valence-corrected chi connectivity index (χ0v) is 27.5. The number of hydrogen-bond donors (Lipinski definition) is 1. The van der Waals surface area contributed by atoms with Crippen molar-refractivity contribution in [2.24, 2.45) is 4.99 Å². The molecule has 12 heteroatoms. The zero-order chi connectivity index (χ0) is 27.7. The smallest absolute Gasteiger partial charge is 0.338 e. The number of benzene rings is 2. The van der Waals surface area contributed by atoms with Crippen molar-refractivity contribution in [2.75, 3.05) is 20.3 Å². The van der Waals surface area contributed by atoms with E-state index in [9.17, 15) is 14.7 Å². The molecule has 1 aliphatic heterocycles. The van der Waals surface area contributed by atoms with E-state index in [0.29, 0.717) is 52.3 Å². The second-order valence-electron chi connectivity index (χ2n) is 8.09. The van der Waals surface area contributed by atoms with Crippen LogP contribution in [0.4, 0.5) is 0 Å². The fourth-order valence-corrected chi connectivity index (χ4v) is 7.58. The number of fused-ring (bicyclic) bond motifs is 1. The number of aromatic hydroxyl groups is 1. The highest BCUT2D eigenvalue weighted by molar-refractivity contribution is 14.1. The van der Waals surface area contributed by atoms with Gasteiger partial charge in [0.05, 0.1) is 45.7 Å². The number of ether oxygens (including phenoxy) is 3. The van der Waals surface area contributed by atoms with Crippen LogP contribution in [0.2, 0.25) is 0 Å². The average molecular weight is 825 g/mol. The van der Waals surface area contributed by atoms with E-state index in [1.54, 1.807) is 38.1 Å². The molecule has 0 saturated heterocycles. The number of rotatable bonds is 7. The number of phenols is 1. The number of halogens is 3. The van der Waals surface area contributed by atoms with E-state index < -0.39 is 12.0 Å². The van der Waals surface area contributed by atoms with Crippen LogP contribution in [0.3, 0.4) is 0 Å². The molecule has 0 spiro atoms. The first-order chi connectivity index (χ1) is 18.1. The maximum Gasteiger partial charge on any atom is 0.338 e. The SMILES string of the molecule is CCOC(=O)C1=C(C)N=c2s/c(=C/c3cc(I)cc(I)c3O)c(=O)n2[C@H]1c1cc(OC)c(OCC)cc1Br. The lowest BCUT2D eigenvalue weighted by atomic mass is 9.95. The summed E-state index contributed by atoms with van der Waals surface area (Å²) in [6, 6.07) is 6.33.